The predicted octanol–water partition coefficient (Wildman–Crippen LogP) is 0.742. The first kappa shape index (κ1) is 15.0. The Morgan fingerprint density at radius 3 is 2.37 bits per heavy atom. The number of ether oxygens (including phenoxy) is 2. The Morgan fingerprint density at radius 2 is 1.84 bits per heavy atom. The molecular weight excluding hydrogens is 268 g/mol. The molecule has 4 aliphatic carbocycles. The zero-order valence-electron chi connectivity index (χ0n) is 11.3. The second-order valence-corrected chi connectivity index (χ2v) is 6.20. The van der Waals surface area contributed by atoms with Crippen molar-refractivity contribution in [2.45, 2.75) is 62.3 Å². The van der Waals surface area contributed by atoms with Gasteiger partial charge in [0.15, 0.2) is 0 Å². The Balaban J connectivity index is 0.00000133. The van der Waals surface area contributed by atoms with E-state index in [9.17, 15) is 4.79 Å². The highest BCUT2D eigenvalue weighted by Gasteiger charge is 2.66. The van der Waals surface area contributed by atoms with Gasteiger partial charge in [-0.1, -0.05) is 0 Å². The molecule has 0 aromatic heterocycles. The minimum absolute atomic E-state index is 0. The van der Waals surface area contributed by atoms with Crippen molar-refractivity contribution in [1.29, 1.82) is 0 Å². The quantitative estimate of drug-likeness (QED) is 0.757. The van der Waals surface area contributed by atoms with Gasteiger partial charge in [-0.05, 0) is 39.0 Å². The zero-order chi connectivity index (χ0) is 12.8. The fourth-order valence-corrected chi connectivity index (χ4v) is 3.55. The number of nitrogens with one attached hydrogen (secondary N) is 1. The van der Waals surface area contributed by atoms with E-state index in [1.165, 1.54) is 0 Å². The number of halogens is 1. The normalized spacial score (nSPS) is 42.2. The molecule has 4 saturated carbocycles. The smallest absolute Gasteiger partial charge is 0.246 e. The molecule has 4 aliphatic rings. The van der Waals surface area contributed by atoms with Crippen LogP contribution in [0.25, 0.3) is 0 Å². The summed E-state index contributed by atoms with van der Waals surface area (Å²) in [5.41, 5.74) is 6.00. The average molecular weight is 291 g/mol. The summed E-state index contributed by atoms with van der Waals surface area (Å²) in [6, 6.07) is 0. The SMILES string of the molecule is CCOC1CC(OCC(=O)NC23CC(N)(C2)C3)C1.Cl. The Labute approximate surface area is 120 Å². The van der Waals surface area contributed by atoms with Crippen molar-refractivity contribution in [3.05, 3.63) is 0 Å². The van der Waals surface area contributed by atoms with Crippen molar-refractivity contribution in [2.75, 3.05) is 13.2 Å². The lowest BCUT2D eigenvalue weighted by molar-refractivity contribution is -0.149. The van der Waals surface area contributed by atoms with Crippen LogP contribution in [0, 0.1) is 0 Å². The van der Waals surface area contributed by atoms with E-state index in [-0.39, 0.29) is 42.1 Å². The molecule has 0 saturated heterocycles. The van der Waals surface area contributed by atoms with Crippen LogP contribution in [0.15, 0.2) is 0 Å². The van der Waals surface area contributed by atoms with Crippen molar-refractivity contribution >= 4 is 18.3 Å². The number of amides is 1. The third kappa shape index (κ3) is 2.89. The number of carbonyl (C=O) groups is 1. The van der Waals surface area contributed by atoms with Crippen molar-refractivity contribution in [3.8, 4) is 0 Å². The van der Waals surface area contributed by atoms with Gasteiger partial charge in [0.25, 0.3) is 0 Å². The fourth-order valence-electron chi connectivity index (χ4n) is 3.55. The molecule has 2 bridgehead atoms. The molecule has 4 fully saturated rings. The summed E-state index contributed by atoms with van der Waals surface area (Å²) in [6.45, 7) is 2.92. The average Bonchev–Trinajstić information content (AvgIpc) is 2.17. The molecule has 6 heteroatoms. The number of rotatable bonds is 6. The maximum Gasteiger partial charge on any atom is 0.246 e. The highest BCUT2D eigenvalue weighted by atomic mass is 35.5. The minimum atomic E-state index is -0.00314. The van der Waals surface area contributed by atoms with E-state index in [4.69, 9.17) is 15.2 Å². The fraction of sp³-hybridized carbons (Fsp3) is 0.923. The minimum Gasteiger partial charge on any atom is -0.378 e. The molecule has 110 valence electrons. The van der Waals surface area contributed by atoms with Crippen molar-refractivity contribution < 1.29 is 14.3 Å². The first-order chi connectivity index (χ1) is 8.53. The van der Waals surface area contributed by atoms with Gasteiger partial charge in [0.05, 0.1) is 12.2 Å². The molecule has 0 spiro atoms. The van der Waals surface area contributed by atoms with E-state index in [0.717, 1.165) is 38.7 Å². The monoisotopic (exact) mass is 290 g/mol. The van der Waals surface area contributed by atoms with Gasteiger partial charge in [0.1, 0.15) is 6.61 Å². The molecule has 0 aromatic carbocycles. The van der Waals surface area contributed by atoms with Crippen LogP contribution in [0.2, 0.25) is 0 Å². The summed E-state index contributed by atoms with van der Waals surface area (Å²) in [4.78, 5) is 11.7. The van der Waals surface area contributed by atoms with Crippen LogP contribution in [0.5, 0.6) is 0 Å². The zero-order valence-corrected chi connectivity index (χ0v) is 12.1. The number of hydrogen-bond acceptors (Lipinski definition) is 4. The molecule has 0 radical (unpaired) electrons. The molecule has 1 amide bonds. The van der Waals surface area contributed by atoms with Gasteiger partial charge >= 0.3 is 0 Å². The van der Waals surface area contributed by atoms with E-state index in [1.54, 1.807) is 0 Å². The van der Waals surface area contributed by atoms with Crippen LogP contribution in [-0.2, 0) is 14.3 Å². The van der Waals surface area contributed by atoms with Crippen LogP contribution < -0.4 is 11.1 Å². The lowest BCUT2D eigenvalue weighted by Gasteiger charge is -2.68. The third-order valence-electron chi connectivity index (χ3n) is 4.38. The van der Waals surface area contributed by atoms with Crippen molar-refractivity contribution in [1.82, 2.24) is 5.32 Å². The number of carbonyl (C=O) groups excluding carboxylic acids is 1. The Kier molecular flexibility index (Phi) is 4.12. The molecule has 0 aromatic rings. The molecular formula is C13H23ClN2O3. The summed E-state index contributed by atoms with van der Waals surface area (Å²) in [5, 5.41) is 3.05. The largest absolute Gasteiger partial charge is 0.378 e. The van der Waals surface area contributed by atoms with Crippen LogP contribution in [-0.4, -0.2) is 42.4 Å². The Morgan fingerprint density at radius 1 is 1.26 bits per heavy atom. The lowest BCUT2D eigenvalue weighted by Crippen LogP contribution is -2.82. The maximum atomic E-state index is 11.7. The molecule has 0 atom stereocenters. The van der Waals surface area contributed by atoms with E-state index < -0.39 is 0 Å². The summed E-state index contributed by atoms with van der Waals surface area (Å²) in [6.07, 6.45) is 5.15. The van der Waals surface area contributed by atoms with Crippen LogP contribution in [0.3, 0.4) is 0 Å². The van der Waals surface area contributed by atoms with Gasteiger partial charge in [-0.25, -0.2) is 0 Å². The Hall–Kier alpha value is -0.360. The highest BCUT2D eigenvalue weighted by Crippen LogP contribution is 2.58. The number of hydrogen-bond donors (Lipinski definition) is 2. The van der Waals surface area contributed by atoms with Gasteiger partial charge < -0.3 is 20.5 Å². The molecule has 0 unspecified atom stereocenters. The molecule has 5 nitrogen and oxygen atoms in total. The summed E-state index contributed by atoms with van der Waals surface area (Å²) in [5.74, 6) is -0.00314. The van der Waals surface area contributed by atoms with Gasteiger partial charge in [-0.2, -0.15) is 0 Å². The predicted molar refractivity (Wildman–Crippen MR) is 73.3 cm³/mol. The Bertz CT molecular complexity index is 338. The van der Waals surface area contributed by atoms with Gasteiger partial charge in [0, 0.05) is 17.7 Å². The second-order valence-electron chi connectivity index (χ2n) is 6.20. The maximum absolute atomic E-state index is 11.7. The lowest BCUT2D eigenvalue weighted by atomic mass is 9.44. The third-order valence-corrected chi connectivity index (χ3v) is 4.38. The summed E-state index contributed by atoms with van der Waals surface area (Å²) >= 11 is 0. The second kappa shape index (κ2) is 5.20. The van der Waals surface area contributed by atoms with Crippen LogP contribution in [0.1, 0.15) is 39.0 Å². The molecule has 4 rings (SSSR count). The molecule has 3 N–H and O–H groups in total. The van der Waals surface area contributed by atoms with Crippen LogP contribution in [0.4, 0.5) is 0 Å². The first-order valence-corrected chi connectivity index (χ1v) is 6.86. The van der Waals surface area contributed by atoms with E-state index >= 15 is 0 Å². The summed E-state index contributed by atoms with van der Waals surface area (Å²) in [7, 11) is 0. The molecule has 19 heavy (non-hydrogen) atoms. The van der Waals surface area contributed by atoms with Gasteiger partial charge in [-0.3, -0.25) is 4.79 Å². The van der Waals surface area contributed by atoms with E-state index in [2.05, 4.69) is 5.32 Å². The van der Waals surface area contributed by atoms with Gasteiger partial charge in [0.2, 0.25) is 5.91 Å². The van der Waals surface area contributed by atoms with Crippen LogP contribution >= 0.6 is 12.4 Å². The topological polar surface area (TPSA) is 73.6 Å². The van der Waals surface area contributed by atoms with Crippen molar-refractivity contribution in [3.63, 3.8) is 0 Å². The molecule has 0 heterocycles. The van der Waals surface area contributed by atoms with Crippen molar-refractivity contribution in [2.24, 2.45) is 5.73 Å². The highest BCUT2D eigenvalue weighted by molar-refractivity contribution is 5.85. The van der Waals surface area contributed by atoms with Gasteiger partial charge in [-0.15, -0.1) is 12.4 Å². The summed E-state index contributed by atoms with van der Waals surface area (Å²) < 4.78 is 11.0. The number of nitrogens with two attached hydrogens (primary N) is 1. The first-order valence-electron chi connectivity index (χ1n) is 6.86. The van der Waals surface area contributed by atoms with E-state index in [0.29, 0.717) is 6.10 Å². The molecule has 0 aliphatic heterocycles. The standard InChI is InChI=1S/C13H22N2O3.ClH/c1-2-17-9-3-10(4-9)18-5-11(16)15-13-6-12(14,7-13)8-13;/h9-10H,2-8,14H2,1H3,(H,15,16);1H. The van der Waals surface area contributed by atoms with E-state index in [1.807, 2.05) is 6.92 Å².